The molecule has 0 aliphatic carbocycles. The maximum atomic E-state index is 14.2. The Morgan fingerprint density at radius 3 is 2.67 bits per heavy atom. The van der Waals surface area contributed by atoms with Gasteiger partial charge in [0, 0.05) is 31.3 Å². The molecule has 9 heteroatoms. The predicted molar refractivity (Wildman–Crippen MR) is 120 cm³/mol. The minimum absolute atomic E-state index is 0.209. The van der Waals surface area contributed by atoms with Crippen LogP contribution in [0.3, 0.4) is 0 Å². The van der Waals surface area contributed by atoms with E-state index < -0.39 is 17.8 Å². The number of fused-ring (bicyclic) bond motifs is 1. The minimum Gasteiger partial charge on any atom is -0.311 e. The summed E-state index contributed by atoms with van der Waals surface area (Å²) in [6.07, 6.45) is 3.22. The summed E-state index contributed by atoms with van der Waals surface area (Å²) in [5.41, 5.74) is 2.93. The summed E-state index contributed by atoms with van der Waals surface area (Å²) < 4.78 is 30.2. The highest BCUT2D eigenvalue weighted by molar-refractivity contribution is 6.02. The van der Waals surface area contributed by atoms with Crippen molar-refractivity contribution in [3.8, 4) is 0 Å². The zero-order valence-electron chi connectivity index (χ0n) is 18.9. The van der Waals surface area contributed by atoms with E-state index in [0.29, 0.717) is 38.3 Å². The first-order valence-corrected chi connectivity index (χ1v) is 11.9. The van der Waals surface area contributed by atoms with Crippen LogP contribution in [0.2, 0.25) is 0 Å². The average Bonchev–Trinajstić information content (AvgIpc) is 3.11. The SMILES string of the molecule is Cn1nc(C2CCC(=O)NC2=O)c2ccc(C3CCN(C[C@@H]4CCNCC4(F)F)CC3)cc21. The van der Waals surface area contributed by atoms with Crippen LogP contribution in [-0.2, 0) is 16.6 Å². The number of alkyl halides is 2. The van der Waals surface area contributed by atoms with Crippen molar-refractivity contribution in [2.24, 2.45) is 13.0 Å². The number of halogens is 2. The molecule has 2 aromatic rings. The molecule has 178 valence electrons. The fourth-order valence-corrected chi connectivity index (χ4v) is 5.64. The van der Waals surface area contributed by atoms with Crippen molar-refractivity contribution < 1.29 is 18.4 Å². The van der Waals surface area contributed by atoms with Crippen LogP contribution in [0, 0.1) is 5.92 Å². The van der Waals surface area contributed by atoms with Crippen molar-refractivity contribution in [1.82, 2.24) is 25.3 Å². The molecular formula is C24H31F2N5O2. The quantitative estimate of drug-likeness (QED) is 0.687. The molecule has 1 unspecified atom stereocenters. The number of nitrogens with zero attached hydrogens (tertiary/aromatic N) is 3. The van der Waals surface area contributed by atoms with Crippen molar-refractivity contribution in [3.63, 3.8) is 0 Å². The van der Waals surface area contributed by atoms with Gasteiger partial charge in [-0.3, -0.25) is 19.6 Å². The fraction of sp³-hybridized carbons (Fsp3) is 0.625. The first-order valence-electron chi connectivity index (χ1n) is 11.9. The summed E-state index contributed by atoms with van der Waals surface area (Å²) in [7, 11) is 1.88. The molecule has 5 rings (SSSR count). The van der Waals surface area contributed by atoms with Gasteiger partial charge in [-0.1, -0.05) is 12.1 Å². The number of piperidine rings is 3. The molecule has 2 atom stereocenters. The Kier molecular flexibility index (Phi) is 5.95. The van der Waals surface area contributed by atoms with E-state index in [-0.39, 0.29) is 18.4 Å². The summed E-state index contributed by atoms with van der Waals surface area (Å²) >= 11 is 0. The van der Waals surface area contributed by atoms with Crippen molar-refractivity contribution in [3.05, 3.63) is 29.5 Å². The van der Waals surface area contributed by atoms with Gasteiger partial charge in [0.05, 0.1) is 23.7 Å². The molecule has 0 bridgehead atoms. The van der Waals surface area contributed by atoms with Crippen LogP contribution in [-0.4, -0.2) is 65.1 Å². The molecule has 1 aromatic carbocycles. The molecule has 2 N–H and O–H groups in total. The van der Waals surface area contributed by atoms with Gasteiger partial charge in [-0.2, -0.15) is 5.10 Å². The van der Waals surface area contributed by atoms with E-state index in [1.54, 1.807) is 0 Å². The van der Waals surface area contributed by atoms with Gasteiger partial charge in [-0.05, 0) is 62.9 Å². The predicted octanol–water partition coefficient (Wildman–Crippen LogP) is 2.52. The Hall–Kier alpha value is -2.39. The second kappa shape index (κ2) is 8.76. The zero-order valence-corrected chi connectivity index (χ0v) is 18.9. The lowest BCUT2D eigenvalue weighted by Crippen LogP contribution is -2.51. The molecule has 0 radical (unpaired) electrons. The lowest BCUT2D eigenvalue weighted by atomic mass is 9.86. The Bertz CT molecular complexity index is 1060. The van der Waals surface area contributed by atoms with Crippen LogP contribution < -0.4 is 10.6 Å². The highest BCUT2D eigenvalue weighted by Gasteiger charge is 2.42. The Morgan fingerprint density at radius 1 is 1.15 bits per heavy atom. The first-order chi connectivity index (χ1) is 15.8. The molecule has 0 saturated carbocycles. The molecule has 3 aliphatic heterocycles. The number of rotatable bonds is 4. The van der Waals surface area contributed by atoms with E-state index in [9.17, 15) is 18.4 Å². The highest BCUT2D eigenvalue weighted by atomic mass is 19.3. The fourth-order valence-electron chi connectivity index (χ4n) is 5.64. The molecule has 3 saturated heterocycles. The maximum absolute atomic E-state index is 14.2. The number of amides is 2. The zero-order chi connectivity index (χ0) is 23.2. The molecule has 4 heterocycles. The van der Waals surface area contributed by atoms with Crippen molar-refractivity contribution in [1.29, 1.82) is 0 Å². The summed E-state index contributed by atoms with van der Waals surface area (Å²) in [5, 5.41) is 10.8. The van der Waals surface area contributed by atoms with Crippen LogP contribution in [0.1, 0.15) is 55.2 Å². The van der Waals surface area contributed by atoms with E-state index in [0.717, 1.165) is 42.5 Å². The van der Waals surface area contributed by atoms with Gasteiger partial charge >= 0.3 is 0 Å². The third-order valence-corrected chi connectivity index (χ3v) is 7.64. The standard InChI is InChI=1S/C24H31F2N5O2/c1-30-20-12-16(2-3-18(20)22(29-30)19-4-5-21(32)28-23(19)33)15-7-10-31(11-8-15)13-17-6-9-27-14-24(17,25)26/h2-3,12,15,17,19,27H,4-11,13-14H2,1H3,(H,28,32,33)/t17-,19?/m0/s1. The number of carbonyl (C=O) groups is 2. The van der Waals surface area contributed by atoms with E-state index >= 15 is 0 Å². The molecule has 2 amide bonds. The summed E-state index contributed by atoms with van der Waals surface area (Å²) in [6.45, 7) is 2.59. The summed E-state index contributed by atoms with van der Waals surface area (Å²) in [6, 6.07) is 6.30. The minimum atomic E-state index is -2.63. The Labute approximate surface area is 191 Å². The number of imide groups is 1. The van der Waals surface area contributed by atoms with E-state index in [1.165, 1.54) is 5.56 Å². The van der Waals surface area contributed by atoms with Gasteiger partial charge in [0.15, 0.2) is 0 Å². The number of carbonyl (C=O) groups excluding carboxylic acids is 2. The normalized spacial score (nSPS) is 27.1. The van der Waals surface area contributed by atoms with Crippen LogP contribution >= 0.6 is 0 Å². The van der Waals surface area contributed by atoms with Gasteiger partial charge < -0.3 is 10.2 Å². The second-order valence-corrected chi connectivity index (χ2v) is 9.79. The van der Waals surface area contributed by atoms with Gasteiger partial charge in [0.1, 0.15) is 0 Å². The molecule has 0 spiro atoms. The number of nitrogens with one attached hydrogen (secondary N) is 2. The monoisotopic (exact) mass is 459 g/mol. The summed E-state index contributed by atoms with van der Waals surface area (Å²) in [4.78, 5) is 26.1. The van der Waals surface area contributed by atoms with E-state index in [4.69, 9.17) is 0 Å². The summed E-state index contributed by atoms with van der Waals surface area (Å²) in [5.74, 6) is -3.72. The number of aryl methyl sites for hydroxylation is 1. The molecule has 3 fully saturated rings. The third kappa shape index (κ3) is 4.40. The van der Waals surface area contributed by atoms with Gasteiger partial charge in [0.2, 0.25) is 11.8 Å². The topological polar surface area (TPSA) is 79.3 Å². The van der Waals surface area contributed by atoms with Gasteiger partial charge in [-0.15, -0.1) is 0 Å². The number of likely N-dealkylation sites (tertiary alicyclic amines) is 1. The molecule has 33 heavy (non-hydrogen) atoms. The largest absolute Gasteiger partial charge is 0.311 e. The first kappa shape index (κ1) is 22.4. The number of hydrogen-bond acceptors (Lipinski definition) is 5. The van der Waals surface area contributed by atoms with Crippen LogP contribution in [0.4, 0.5) is 8.78 Å². The molecule has 7 nitrogen and oxygen atoms in total. The van der Waals surface area contributed by atoms with Crippen LogP contribution in [0.25, 0.3) is 10.9 Å². The number of benzene rings is 1. The van der Waals surface area contributed by atoms with Crippen molar-refractivity contribution in [2.75, 3.05) is 32.7 Å². The van der Waals surface area contributed by atoms with Crippen LogP contribution in [0.15, 0.2) is 18.2 Å². The van der Waals surface area contributed by atoms with Gasteiger partial charge in [-0.25, -0.2) is 8.78 Å². The molecule has 3 aliphatic rings. The lowest BCUT2D eigenvalue weighted by Gasteiger charge is -2.38. The average molecular weight is 460 g/mol. The Balaban J connectivity index is 1.27. The second-order valence-electron chi connectivity index (χ2n) is 9.79. The van der Waals surface area contributed by atoms with Crippen LogP contribution in [0.5, 0.6) is 0 Å². The maximum Gasteiger partial charge on any atom is 0.264 e. The number of hydrogen-bond donors (Lipinski definition) is 2. The van der Waals surface area contributed by atoms with Crippen molar-refractivity contribution in [2.45, 2.75) is 49.9 Å². The Morgan fingerprint density at radius 2 is 1.94 bits per heavy atom. The van der Waals surface area contributed by atoms with Crippen molar-refractivity contribution >= 4 is 22.7 Å². The van der Waals surface area contributed by atoms with Gasteiger partial charge in [0.25, 0.3) is 5.92 Å². The van der Waals surface area contributed by atoms with E-state index in [2.05, 4.69) is 32.8 Å². The lowest BCUT2D eigenvalue weighted by molar-refractivity contribution is -0.134. The smallest absolute Gasteiger partial charge is 0.264 e. The van der Waals surface area contributed by atoms with E-state index in [1.807, 2.05) is 17.8 Å². The highest BCUT2D eigenvalue weighted by Crippen LogP contribution is 2.36. The number of aromatic nitrogens is 2. The molecule has 1 aromatic heterocycles. The molecular weight excluding hydrogens is 428 g/mol. The third-order valence-electron chi connectivity index (χ3n) is 7.64.